The third kappa shape index (κ3) is 7.04. The number of nitrogens with one attached hydrogen (secondary N) is 2. The zero-order valence-corrected chi connectivity index (χ0v) is 21.1. The monoisotopic (exact) mass is 484 g/mol. The van der Waals surface area contributed by atoms with Gasteiger partial charge in [-0.2, -0.15) is 0 Å². The summed E-state index contributed by atoms with van der Waals surface area (Å²) in [5, 5.41) is 5.15. The second kappa shape index (κ2) is 13.2. The van der Waals surface area contributed by atoms with Crippen molar-refractivity contribution in [2.75, 3.05) is 13.1 Å². The van der Waals surface area contributed by atoms with Gasteiger partial charge in [0.25, 0.3) is 5.91 Å². The maximum atomic E-state index is 13.6. The van der Waals surface area contributed by atoms with Gasteiger partial charge in [-0.05, 0) is 31.1 Å². The van der Waals surface area contributed by atoms with Gasteiger partial charge in [0.05, 0.1) is 12.1 Å². The molecule has 8 nitrogen and oxygen atoms in total. The number of carbonyl (C=O) groups excluding carboxylic acids is 4. The molecule has 8 heteroatoms. The van der Waals surface area contributed by atoms with Crippen molar-refractivity contribution in [1.29, 1.82) is 0 Å². The van der Waals surface area contributed by atoms with Gasteiger partial charge in [0.1, 0.15) is 6.04 Å². The van der Waals surface area contributed by atoms with E-state index in [2.05, 4.69) is 29.7 Å². The van der Waals surface area contributed by atoms with Gasteiger partial charge < -0.3 is 21.3 Å². The number of hydrogen-bond donors (Lipinski definition) is 3. The van der Waals surface area contributed by atoms with Crippen LogP contribution in [-0.4, -0.2) is 59.6 Å². The molecule has 0 aromatic heterocycles. The third-order valence-corrected chi connectivity index (χ3v) is 7.07. The van der Waals surface area contributed by atoms with E-state index in [1.807, 2.05) is 13.8 Å². The van der Waals surface area contributed by atoms with Gasteiger partial charge in [0, 0.05) is 25.4 Å². The lowest BCUT2D eigenvalue weighted by Gasteiger charge is -2.34. The number of carbonyl (C=O) groups is 4. The molecule has 0 aromatic carbocycles. The standard InChI is InChI=1S/C27H40N4O4/c1-6-8-14-20(24(32)26(34)29-15-7-2)30-25(33)23-21(17(3)4)18(5)16-31(23)27(35)22(28)19-12-10-9-11-13-19/h1,7,17,19-23H,2,5,8-16,28H2,3-4H3,(H,29,34)(H,30,33)/t20?,21-,22-,23-/m0/s1. The summed E-state index contributed by atoms with van der Waals surface area (Å²) in [7, 11) is 0. The van der Waals surface area contributed by atoms with Crippen LogP contribution in [0.5, 0.6) is 0 Å². The van der Waals surface area contributed by atoms with Crippen LogP contribution in [0, 0.1) is 30.1 Å². The molecule has 192 valence electrons. The summed E-state index contributed by atoms with van der Waals surface area (Å²) in [5.41, 5.74) is 7.19. The second-order valence-electron chi connectivity index (χ2n) is 9.93. The average molecular weight is 485 g/mol. The number of hydrogen-bond acceptors (Lipinski definition) is 5. The zero-order valence-electron chi connectivity index (χ0n) is 21.1. The average Bonchev–Trinajstić information content (AvgIpc) is 3.21. The Kier molecular flexibility index (Phi) is 10.7. The molecular weight excluding hydrogens is 444 g/mol. The van der Waals surface area contributed by atoms with Crippen molar-refractivity contribution in [3.63, 3.8) is 0 Å². The fourth-order valence-corrected chi connectivity index (χ4v) is 5.25. The number of nitrogens with zero attached hydrogens (tertiary/aromatic N) is 1. The van der Waals surface area contributed by atoms with Crippen LogP contribution in [0.15, 0.2) is 24.8 Å². The number of likely N-dealkylation sites (tertiary alicyclic amines) is 1. The van der Waals surface area contributed by atoms with Crippen molar-refractivity contribution in [2.45, 2.75) is 76.9 Å². The molecule has 2 rings (SSSR count). The molecule has 1 heterocycles. The fourth-order valence-electron chi connectivity index (χ4n) is 5.25. The van der Waals surface area contributed by atoms with E-state index < -0.39 is 35.7 Å². The summed E-state index contributed by atoms with van der Waals surface area (Å²) in [6, 6.07) is -2.65. The predicted octanol–water partition coefficient (Wildman–Crippen LogP) is 1.70. The highest BCUT2D eigenvalue weighted by atomic mass is 16.2. The molecule has 3 amide bonds. The smallest absolute Gasteiger partial charge is 0.289 e. The highest BCUT2D eigenvalue weighted by Gasteiger charge is 2.47. The second-order valence-corrected chi connectivity index (χ2v) is 9.93. The Morgan fingerprint density at radius 3 is 2.46 bits per heavy atom. The first-order valence-electron chi connectivity index (χ1n) is 12.5. The van der Waals surface area contributed by atoms with E-state index in [4.69, 9.17) is 12.2 Å². The Hall–Kier alpha value is -2.92. The van der Waals surface area contributed by atoms with Gasteiger partial charge in [-0.1, -0.05) is 51.3 Å². The van der Waals surface area contributed by atoms with Gasteiger partial charge in [-0.15, -0.1) is 18.9 Å². The molecule has 4 N–H and O–H groups in total. The quantitative estimate of drug-likeness (QED) is 0.234. The van der Waals surface area contributed by atoms with E-state index in [1.54, 1.807) is 0 Å². The third-order valence-electron chi connectivity index (χ3n) is 7.07. The van der Waals surface area contributed by atoms with Crippen molar-refractivity contribution in [3.8, 4) is 12.3 Å². The van der Waals surface area contributed by atoms with Crippen LogP contribution in [0.25, 0.3) is 0 Å². The molecule has 0 spiro atoms. The van der Waals surface area contributed by atoms with Crippen molar-refractivity contribution in [1.82, 2.24) is 15.5 Å². The van der Waals surface area contributed by atoms with Crippen LogP contribution in [0.4, 0.5) is 0 Å². The first-order valence-corrected chi connectivity index (χ1v) is 12.5. The molecule has 0 aromatic rings. The van der Waals surface area contributed by atoms with Gasteiger partial charge >= 0.3 is 0 Å². The number of terminal acetylenes is 1. The first-order chi connectivity index (χ1) is 16.6. The topological polar surface area (TPSA) is 122 Å². The summed E-state index contributed by atoms with van der Waals surface area (Å²) in [4.78, 5) is 53.6. The molecule has 0 bridgehead atoms. The van der Waals surface area contributed by atoms with Gasteiger partial charge in [0.15, 0.2) is 0 Å². The van der Waals surface area contributed by atoms with Crippen molar-refractivity contribution in [3.05, 3.63) is 24.8 Å². The van der Waals surface area contributed by atoms with Crippen molar-refractivity contribution in [2.24, 2.45) is 23.5 Å². The van der Waals surface area contributed by atoms with Crippen LogP contribution in [0.1, 0.15) is 58.8 Å². The van der Waals surface area contributed by atoms with E-state index in [9.17, 15) is 19.2 Å². The van der Waals surface area contributed by atoms with E-state index in [-0.39, 0.29) is 49.6 Å². The molecule has 1 saturated heterocycles. The molecule has 0 radical (unpaired) electrons. The Morgan fingerprint density at radius 1 is 1.23 bits per heavy atom. The molecule has 2 aliphatic rings. The normalized spacial score (nSPS) is 22.3. The molecule has 1 saturated carbocycles. The Balaban J connectivity index is 2.27. The van der Waals surface area contributed by atoms with Crippen LogP contribution in [0.2, 0.25) is 0 Å². The van der Waals surface area contributed by atoms with E-state index in [0.29, 0.717) is 0 Å². The zero-order chi connectivity index (χ0) is 26.1. The van der Waals surface area contributed by atoms with E-state index in [0.717, 1.165) is 37.7 Å². The van der Waals surface area contributed by atoms with Gasteiger partial charge in [-0.25, -0.2) is 0 Å². The minimum Gasteiger partial charge on any atom is -0.346 e. The van der Waals surface area contributed by atoms with Gasteiger partial charge in [0.2, 0.25) is 17.6 Å². The van der Waals surface area contributed by atoms with Crippen LogP contribution in [0.3, 0.4) is 0 Å². The number of amides is 3. The molecule has 1 unspecified atom stereocenters. The molecule has 1 aliphatic heterocycles. The van der Waals surface area contributed by atoms with Crippen molar-refractivity contribution >= 4 is 23.5 Å². The Bertz CT molecular complexity index is 869. The first kappa shape index (κ1) is 28.3. The number of Topliss-reactive ketones (excluding diaryl/α,β-unsaturated/α-hetero) is 1. The summed E-state index contributed by atoms with van der Waals surface area (Å²) in [5.74, 6) is -0.117. The molecular formula is C27H40N4O4. The van der Waals surface area contributed by atoms with Gasteiger partial charge in [-0.3, -0.25) is 19.2 Å². The van der Waals surface area contributed by atoms with Crippen LogP contribution < -0.4 is 16.4 Å². The SMILES string of the molecule is C#CCCC(NC(=O)[C@@H]1[C@@H](C(C)C)C(=C)CN1C(=O)[C@@H](N)C1CCCCC1)C(=O)C(=O)NCC=C. The summed E-state index contributed by atoms with van der Waals surface area (Å²) in [6.07, 6.45) is 12.2. The minimum atomic E-state index is -1.10. The Morgan fingerprint density at radius 2 is 1.89 bits per heavy atom. The molecule has 35 heavy (non-hydrogen) atoms. The minimum absolute atomic E-state index is 0.0257. The maximum absolute atomic E-state index is 13.6. The fraction of sp³-hybridized carbons (Fsp3) is 0.630. The number of nitrogens with two attached hydrogens (primary N) is 1. The lowest BCUT2D eigenvalue weighted by Crippen LogP contribution is -2.58. The number of rotatable bonds is 11. The van der Waals surface area contributed by atoms with E-state index in [1.165, 1.54) is 11.0 Å². The van der Waals surface area contributed by atoms with E-state index >= 15 is 0 Å². The van der Waals surface area contributed by atoms with Crippen molar-refractivity contribution < 1.29 is 19.2 Å². The lowest BCUT2D eigenvalue weighted by molar-refractivity contribution is -0.144. The number of ketones is 1. The molecule has 4 atom stereocenters. The van der Waals surface area contributed by atoms with Crippen LogP contribution in [-0.2, 0) is 19.2 Å². The summed E-state index contributed by atoms with van der Waals surface area (Å²) in [6.45, 7) is 11.9. The lowest BCUT2D eigenvalue weighted by atomic mass is 9.83. The molecule has 2 fully saturated rings. The largest absolute Gasteiger partial charge is 0.346 e. The summed E-state index contributed by atoms with van der Waals surface area (Å²) >= 11 is 0. The van der Waals surface area contributed by atoms with Crippen LogP contribution >= 0.6 is 0 Å². The Labute approximate surface area is 209 Å². The highest BCUT2D eigenvalue weighted by Crippen LogP contribution is 2.36. The predicted molar refractivity (Wildman–Crippen MR) is 136 cm³/mol. The maximum Gasteiger partial charge on any atom is 0.289 e. The molecule has 1 aliphatic carbocycles. The highest BCUT2D eigenvalue weighted by molar-refractivity contribution is 6.38. The summed E-state index contributed by atoms with van der Waals surface area (Å²) < 4.78 is 0.